The van der Waals surface area contributed by atoms with Crippen molar-refractivity contribution in [2.45, 2.75) is 31.0 Å². The molecule has 31 heavy (non-hydrogen) atoms. The lowest BCUT2D eigenvalue weighted by Gasteiger charge is -2.36. The Morgan fingerprint density at radius 1 is 1.35 bits per heavy atom. The van der Waals surface area contributed by atoms with Gasteiger partial charge in [-0.15, -0.1) is 0 Å². The predicted molar refractivity (Wildman–Crippen MR) is 106 cm³/mol. The highest BCUT2D eigenvalue weighted by molar-refractivity contribution is 6.31. The summed E-state index contributed by atoms with van der Waals surface area (Å²) >= 11 is 6.32. The van der Waals surface area contributed by atoms with E-state index in [1.807, 2.05) is 6.07 Å². The van der Waals surface area contributed by atoms with Crippen LogP contribution in [0.25, 0.3) is 0 Å². The molecule has 0 spiro atoms. The number of cyclic esters (lactones) is 1. The van der Waals surface area contributed by atoms with Crippen LogP contribution >= 0.6 is 11.6 Å². The molecule has 1 aliphatic heterocycles. The van der Waals surface area contributed by atoms with Gasteiger partial charge in [0, 0.05) is 29.1 Å². The number of hydrogen-bond acceptors (Lipinski definition) is 5. The summed E-state index contributed by atoms with van der Waals surface area (Å²) in [5.41, 5.74) is 3.12. The minimum Gasteiger partial charge on any atom is -0.415 e. The lowest BCUT2D eigenvalue weighted by Crippen LogP contribution is -2.49. The SMILES string of the molecule is N#Cc1c(Cc2cc3c(cc2Cl)[C@@](C#CC2CC2)(C(F)(F)F)OC(=O)N3)ccnc1N. The number of nitrogens with one attached hydrogen (secondary N) is 1. The molecule has 158 valence electrons. The van der Waals surface area contributed by atoms with Crippen molar-refractivity contribution in [3.05, 3.63) is 51.7 Å². The number of nitrogens with two attached hydrogens (primary N) is 1. The summed E-state index contributed by atoms with van der Waals surface area (Å²) in [4.78, 5) is 15.9. The Balaban J connectivity index is 1.83. The number of pyridine rings is 1. The Morgan fingerprint density at radius 2 is 2.10 bits per heavy atom. The zero-order valence-corrected chi connectivity index (χ0v) is 16.6. The largest absolute Gasteiger partial charge is 0.445 e. The number of carbonyl (C=O) groups is 1. The number of benzene rings is 1. The van der Waals surface area contributed by atoms with Crippen molar-refractivity contribution in [2.75, 3.05) is 11.1 Å². The van der Waals surface area contributed by atoms with E-state index in [4.69, 9.17) is 22.1 Å². The zero-order chi connectivity index (χ0) is 22.4. The van der Waals surface area contributed by atoms with Gasteiger partial charge in [0.1, 0.15) is 11.9 Å². The molecule has 1 aromatic carbocycles. The molecule has 10 heteroatoms. The van der Waals surface area contributed by atoms with E-state index in [1.165, 1.54) is 12.3 Å². The Kier molecular flexibility index (Phi) is 4.95. The Morgan fingerprint density at radius 3 is 2.74 bits per heavy atom. The Bertz CT molecular complexity index is 1190. The normalized spacial score (nSPS) is 19.9. The topological polar surface area (TPSA) is 101 Å². The van der Waals surface area contributed by atoms with Crippen LogP contribution in [-0.4, -0.2) is 17.3 Å². The van der Waals surface area contributed by atoms with Crippen molar-refractivity contribution in [1.29, 1.82) is 5.26 Å². The maximum atomic E-state index is 14.1. The van der Waals surface area contributed by atoms with Crippen LogP contribution in [0.5, 0.6) is 0 Å². The van der Waals surface area contributed by atoms with Crippen molar-refractivity contribution >= 4 is 29.2 Å². The molecule has 0 saturated heterocycles. The molecule has 2 heterocycles. The van der Waals surface area contributed by atoms with E-state index < -0.39 is 23.4 Å². The molecular formula is C21H14ClF3N4O2. The van der Waals surface area contributed by atoms with E-state index >= 15 is 0 Å². The second kappa shape index (κ2) is 7.36. The molecule has 2 aliphatic rings. The summed E-state index contributed by atoms with van der Waals surface area (Å²) in [6, 6.07) is 5.94. The molecule has 6 nitrogen and oxygen atoms in total. The molecule has 4 rings (SSSR count). The Hall–Kier alpha value is -3.43. The highest BCUT2D eigenvalue weighted by Crippen LogP contribution is 2.49. The van der Waals surface area contributed by atoms with Gasteiger partial charge in [0.05, 0.1) is 11.3 Å². The summed E-state index contributed by atoms with van der Waals surface area (Å²) in [6.45, 7) is 0. The molecule has 3 N–H and O–H groups in total. The molecule has 1 aliphatic carbocycles. The van der Waals surface area contributed by atoms with Gasteiger partial charge in [-0.05, 0) is 48.1 Å². The number of nitrogen functional groups attached to an aromatic ring is 1. The van der Waals surface area contributed by atoms with Gasteiger partial charge in [-0.3, -0.25) is 5.32 Å². The fraction of sp³-hybridized carbons (Fsp3) is 0.286. The van der Waals surface area contributed by atoms with E-state index in [0.29, 0.717) is 24.0 Å². The highest BCUT2D eigenvalue weighted by atomic mass is 35.5. The minimum absolute atomic E-state index is 0.000352. The van der Waals surface area contributed by atoms with Crippen molar-refractivity contribution in [3.63, 3.8) is 0 Å². The number of rotatable bonds is 2. The molecule has 1 fully saturated rings. The van der Waals surface area contributed by atoms with Gasteiger partial charge >= 0.3 is 12.3 Å². The molecule has 1 amide bonds. The number of aromatic nitrogens is 1. The summed E-state index contributed by atoms with van der Waals surface area (Å²) in [5.74, 6) is 4.60. The van der Waals surface area contributed by atoms with Crippen molar-refractivity contribution < 1.29 is 22.7 Å². The van der Waals surface area contributed by atoms with E-state index in [-0.39, 0.29) is 34.4 Å². The van der Waals surface area contributed by atoms with E-state index in [1.54, 1.807) is 6.07 Å². The van der Waals surface area contributed by atoms with Gasteiger partial charge in [-0.1, -0.05) is 17.5 Å². The van der Waals surface area contributed by atoms with E-state index in [0.717, 1.165) is 6.07 Å². The van der Waals surface area contributed by atoms with Gasteiger partial charge in [-0.2, -0.15) is 18.4 Å². The average Bonchev–Trinajstić information content (AvgIpc) is 3.51. The first kappa shape index (κ1) is 20.8. The van der Waals surface area contributed by atoms with Crippen LogP contribution in [0.4, 0.5) is 29.5 Å². The fourth-order valence-electron chi connectivity index (χ4n) is 3.28. The maximum absolute atomic E-state index is 14.1. The summed E-state index contributed by atoms with van der Waals surface area (Å²) in [5, 5.41) is 11.6. The maximum Gasteiger partial charge on any atom is 0.445 e. The molecule has 0 radical (unpaired) electrons. The molecule has 0 bridgehead atoms. The third-order valence-corrected chi connectivity index (χ3v) is 5.39. The number of nitrogens with zero attached hydrogens (tertiary/aromatic N) is 2. The van der Waals surface area contributed by atoms with Crippen LogP contribution in [-0.2, 0) is 16.8 Å². The van der Waals surface area contributed by atoms with Crippen LogP contribution in [0.3, 0.4) is 0 Å². The van der Waals surface area contributed by atoms with Crippen LogP contribution in [0.1, 0.15) is 35.1 Å². The minimum atomic E-state index is -4.99. The molecule has 1 saturated carbocycles. The van der Waals surface area contributed by atoms with Crippen molar-refractivity contribution in [2.24, 2.45) is 5.92 Å². The number of nitriles is 1. The smallest absolute Gasteiger partial charge is 0.415 e. The standard InChI is InChI=1S/C21H14ClF3N4O2/c22-16-9-15-17(8-13(16)7-12-4-6-28-18(27)14(12)10-26)29-19(30)31-20(15,21(23,24)25)5-3-11-1-2-11/h4,6,8-9,11H,1-2,7H2,(H2,27,28)(H,29,30)/t20-/m0/s1. The number of amides is 1. The number of fused-ring (bicyclic) bond motifs is 1. The number of carbonyl (C=O) groups excluding carboxylic acids is 1. The quantitative estimate of drug-likeness (QED) is 0.661. The number of alkyl halides is 3. The van der Waals surface area contributed by atoms with Crippen LogP contribution in [0, 0.1) is 29.1 Å². The first-order valence-electron chi connectivity index (χ1n) is 9.20. The van der Waals surface area contributed by atoms with Crippen molar-refractivity contribution in [1.82, 2.24) is 4.98 Å². The zero-order valence-electron chi connectivity index (χ0n) is 15.8. The van der Waals surface area contributed by atoms with Gasteiger partial charge in [-0.25, -0.2) is 9.78 Å². The molecule has 1 aromatic heterocycles. The third-order valence-electron chi connectivity index (χ3n) is 5.04. The summed E-state index contributed by atoms with van der Waals surface area (Å²) in [7, 11) is 0. The van der Waals surface area contributed by atoms with Crippen molar-refractivity contribution in [3.8, 4) is 17.9 Å². The fourth-order valence-corrected chi connectivity index (χ4v) is 3.52. The molecule has 1 atom stereocenters. The van der Waals surface area contributed by atoms with Gasteiger partial charge < -0.3 is 10.5 Å². The molecular weight excluding hydrogens is 433 g/mol. The van der Waals surface area contributed by atoms with Gasteiger partial charge in [0.15, 0.2) is 0 Å². The first-order valence-corrected chi connectivity index (χ1v) is 9.58. The summed E-state index contributed by atoms with van der Waals surface area (Å²) in [6.07, 6.45) is -3.35. The van der Waals surface area contributed by atoms with Crippen LogP contribution in [0.15, 0.2) is 24.4 Å². The van der Waals surface area contributed by atoms with E-state index in [2.05, 4.69) is 22.1 Å². The number of ether oxygens (including phenoxy) is 1. The molecule has 0 unspecified atom stereocenters. The highest BCUT2D eigenvalue weighted by Gasteiger charge is 2.62. The molecule has 2 aromatic rings. The first-order chi connectivity index (χ1) is 14.6. The number of hydrogen-bond donors (Lipinski definition) is 2. The van der Waals surface area contributed by atoms with Crippen LogP contribution < -0.4 is 11.1 Å². The lowest BCUT2D eigenvalue weighted by atomic mass is 9.88. The Labute approximate surface area is 180 Å². The second-order valence-corrected chi connectivity index (χ2v) is 7.65. The predicted octanol–water partition coefficient (Wildman–Crippen LogP) is 4.51. The number of anilines is 2. The monoisotopic (exact) mass is 446 g/mol. The second-order valence-electron chi connectivity index (χ2n) is 7.25. The van der Waals surface area contributed by atoms with Gasteiger partial charge in [0.2, 0.25) is 0 Å². The van der Waals surface area contributed by atoms with E-state index in [9.17, 15) is 23.2 Å². The van der Waals surface area contributed by atoms with Crippen LogP contribution in [0.2, 0.25) is 5.02 Å². The van der Waals surface area contributed by atoms with Gasteiger partial charge in [0.25, 0.3) is 5.60 Å². The third kappa shape index (κ3) is 3.73. The lowest BCUT2D eigenvalue weighted by molar-refractivity contribution is -0.239. The number of halogens is 4. The summed E-state index contributed by atoms with van der Waals surface area (Å²) < 4.78 is 47.1. The average molecular weight is 447 g/mol.